The van der Waals surface area contributed by atoms with Gasteiger partial charge in [-0.15, -0.1) is 11.8 Å². The van der Waals surface area contributed by atoms with Crippen molar-refractivity contribution >= 4 is 27.5 Å². The number of rotatable bonds is 5. The Morgan fingerprint density at radius 2 is 2.14 bits per heavy atom. The number of anilines is 1. The fraction of sp³-hybridized carbons (Fsp3) is 0.600. The predicted octanol–water partition coefficient (Wildman–Crippen LogP) is 2.81. The van der Waals surface area contributed by atoms with Crippen LogP contribution in [0, 0.1) is 5.92 Å². The van der Waals surface area contributed by atoms with E-state index in [0.29, 0.717) is 30.4 Å². The van der Waals surface area contributed by atoms with Crippen molar-refractivity contribution in [2.24, 2.45) is 5.92 Å². The maximum absolute atomic E-state index is 12.4. The Labute approximate surface area is 132 Å². The summed E-state index contributed by atoms with van der Waals surface area (Å²) in [5.41, 5.74) is 6.44. The van der Waals surface area contributed by atoms with Crippen LogP contribution in [0.5, 0.6) is 0 Å². The number of nitrogen functional groups attached to an aromatic ring is 1. The zero-order valence-corrected chi connectivity index (χ0v) is 14.1. The topological polar surface area (TPSA) is 63.4 Å². The van der Waals surface area contributed by atoms with Crippen LogP contribution in [0.2, 0.25) is 0 Å². The molecule has 6 heteroatoms. The molecule has 0 aliphatic carbocycles. The predicted molar refractivity (Wildman–Crippen MR) is 90.0 cm³/mol. The van der Waals surface area contributed by atoms with E-state index in [9.17, 15) is 8.42 Å². The van der Waals surface area contributed by atoms with Gasteiger partial charge in [-0.25, -0.2) is 12.7 Å². The lowest BCUT2D eigenvalue weighted by atomic mass is 10.0. The SMILES string of the molecule is CC1CCCN(S(=O)(=O)CCSc2cccc(N)c2)CC1. The standard InChI is InChI=1S/C15H24N2O2S2/c1-13-4-3-8-17(9-7-13)21(18,19)11-10-20-15-6-2-5-14(16)12-15/h2,5-6,12-13H,3-4,7-11,16H2,1H3. The Kier molecular flexibility index (Phi) is 5.96. The highest BCUT2D eigenvalue weighted by Crippen LogP contribution is 2.22. The molecule has 21 heavy (non-hydrogen) atoms. The van der Waals surface area contributed by atoms with Crippen molar-refractivity contribution in [3.8, 4) is 0 Å². The number of nitrogens with zero attached hydrogens (tertiary/aromatic N) is 1. The molecule has 1 aliphatic rings. The fourth-order valence-electron chi connectivity index (χ4n) is 2.51. The first kappa shape index (κ1) is 16.6. The Balaban J connectivity index is 1.86. The number of nitrogens with two attached hydrogens (primary N) is 1. The Morgan fingerprint density at radius 1 is 1.33 bits per heavy atom. The first-order valence-corrected chi connectivity index (χ1v) is 10.0. The number of thioether (sulfide) groups is 1. The minimum atomic E-state index is -3.13. The lowest BCUT2D eigenvalue weighted by Gasteiger charge is -2.19. The quantitative estimate of drug-likeness (QED) is 0.667. The third-order valence-electron chi connectivity index (χ3n) is 3.84. The molecule has 118 valence electrons. The molecule has 2 rings (SSSR count). The van der Waals surface area contributed by atoms with Gasteiger partial charge in [0, 0.05) is 29.4 Å². The van der Waals surface area contributed by atoms with E-state index in [1.807, 2.05) is 24.3 Å². The normalized spacial score (nSPS) is 21.1. The van der Waals surface area contributed by atoms with Gasteiger partial charge in [0.25, 0.3) is 0 Å². The van der Waals surface area contributed by atoms with Gasteiger partial charge in [0.15, 0.2) is 0 Å². The maximum Gasteiger partial charge on any atom is 0.214 e. The van der Waals surface area contributed by atoms with E-state index in [-0.39, 0.29) is 5.75 Å². The molecule has 0 spiro atoms. The summed E-state index contributed by atoms with van der Waals surface area (Å²) in [5, 5.41) is 0. The average molecular weight is 329 g/mol. The molecule has 1 atom stereocenters. The van der Waals surface area contributed by atoms with Crippen LogP contribution >= 0.6 is 11.8 Å². The van der Waals surface area contributed by atoms with Gasteiger partial charge >= 0.3 is 0 Å². The maximum atomic E-state index is 12.4. The lowest BCUT2D eigenvalue weighted by Crippen LogP contribution is -2.34. The molecule has 4 nitrogen and oxygen atoms in total. The van der Waals surface area contributed by atoms with E-state index in [4.69, 9.17) is 5.73 Å². The number of hydrogen-bond acceptors (Lipinski definition) is 4. The van der Waals surface area contributed by atoms with E-state index < -0.39 is 10.0 Å². The van der Waals surface area contributed by atoms with E-state index in [1.165, 1.54) is 0 Å². The summed E-state index contributed by atoms with van der Waals surface area (Å²) in [5.74, 6) is 1.39. The summed E-state index contributed by atoms with van der Waals surface area (Å²) >= 11 is 1.55. The molecule has 1 aromatic carbocycles. The summed E-state index contributed by atoms with van der Waals surface area (Å²) in [6.07, 6.45) is 3.08. The Hall–Kier alpha value is -0.720. The molecule has 0 aromatic heterocycles. The van der Waals surface area contributed by atoms with E-state index >= 15 is 0 Å². The molecule has 1 aliphatic heterocycles. The third kappa shape index (κ3) is 5.20. The summed E-state index contributed by atoms with van der Waals surface area (Å²) < 4.78 is 26.5. The minimum absolute atomic E-state index is 0.195. The molecule has 1 saturated heterocycles. The largest absolute Gasteiger partial charge is 0.399 e. The zero-order chi connectivity index (χ0) is 15.3. The van der Waals surface area contributed by atoms with E-state index in [0.717, 1.165) is 24.2 Å². The first-order chi connectivity index (χ1) is 9.97. The van der Waals surface area contributed by atoms with Crippen LogP contribution < -0.4 is 5.73 Å². The minimum Gasteiger partial charge on any atom is -0.399 e. The monoisotopic (exact) mass is 328 g/mol. The van der Waals surface area contributed by atoms with Gasteiger partial charge in [-0.1, -0.05) is 13.0 Å². The summed E-state index contributed by atoms with van der Waals surface area (Å²) in [6, 6.07) is 7.56. The summed E-state index contributed by atoms with van der Waals surface area (Å²) in [6.45, 7) is 3.55. The van der Waals surface area contributed by atoms with E-state index in [2.05, 4.69) is 6.92 Å². The van der Waals surface area contributed by atoms with Crippen molar-refractivity contribution in [2.45, 2.75) is 31.1 Å². The van der Waals surface area contributed by atoms with Gasteiger partial charge in [-0.05, 0) is 43.4 Å². The van der Waals surface area contributed by atoms with Crippen LogP contribution in [0.25, 0.3) is 0 Å². The molecule has 0 radical (unpaired) electrons. The van der Waals surface area contributed by atoms with Crippen LogP contribution in [0.15, 0.2) is 29.2 Å². The number of hydrogen-bond donors (Lipinski definition) is 1. The van der Waals surface area contributed by atoms with Crippen LogP contribution in [0.1, 0.15) is 26.2 Å². The van der Waals surface area contributed by atoms with Crippen LogP contribution in [0.3, 0.4) is 0 Å². The molecular formula is C15H24N2O2S2. The average Bonchev–Trinajstić information content (AvgIpc) is 2.64. The van der Waals surface area contributed by atoms with Crippen molar-refractivity contribution in [1.82, 2.24) is 4.31 Å². The van der Waals surface area contributed by atoms with Gasteiger partial charge in [-0.2, -0.15) is 0 Å². The van der Waals surface area contributed by atoms with Gasteiger partial charge in [0.2, 0.25) is 10.0 Å². The summed E-state index contributed by atoms with van der Waals surface area (Å²) in [7, 11) is -3.13. The van der Waals surface area contributed by atoms with Gasteiger partial charge < -0.3 is 5.73 Å². The van der Waals surface area contributed by atoms with Crippen LogP contribution in [0.4, 0.5) is 5.69 Å². The third-order valence-corrected chi connectivity index (χ3v) is 6.96. The first-order valence-electron chi connectivity index (χ1n) is 7.43. The second kappa shape index (κ2) is 7.51. The molecular weight excluding hydrogens is 304 g/mol. The van der Waals surface area contributed by atoms with Crippen molar-refractivity contribution in [2.75, 3.05) is 30.3 Å². The van der Waals surface area contributed by atoms with Crippen LogP contribution in [-0.4, -0.2) is 37.3 Å². The van der Waals surface area contributed by atoms with Gasteiger partial charge in [-0.3, -0.25) is 0 Å². The second-order valence-electron chi connectivity index (χ2n) is 5.67. The molecule has 1 fully saturated rings. The molecule has 1 unspecified atom stereocenters. The number of benzene rings is 1. The van der Waals surface area contributed by atoms with Crippen molar-refractivity contribution in [3.05, 3.63) is 24.3 Å². The van der Waals surface area contributed by atoms with Crippen LogP contribution in [-0.2, 0) is 10.0 Å². The Bertz CT molecular complexity index is 561. The van der Waals surface area contributed by atoms with Gasteiger partial charge in [0.1, 0.15) is 0 Å². The molecule has 1 aromatic rings. The smallest absolute Gasteiger partial charge is 0.214 e. The second-order valence-corrected chi connectivity index (χ2v) is 8.93. The van der Waals surface area contributed by atoms with Crippen molar-refractivity contribution < 1.29 is 8.42 Å². The Morgan fingerprint density at radius 3 is 2.90 bits per heavy atom. The number of sulfonamides is 1. The summed E-state index contributed by atoms with van der Waals surface area (Å²) in [4.78, 5) is 1.02. The molecule has 2 N–H and O–H groups in total. The molecule has 0 saturated carbocycles. The van der Waals surface area contributed by atoms with Crippen molar-refractivity contribution in [3.63, 3.8) is 0 Å². The zero-order valence-electron chi connectivity index (χ0n) is 12.5. The highest BCUT2D eigenvalue weighted by Gasteiger charge is 2.24. The molecule has 0 amide bonds. The molecule has 0 bridgehead atoms. The highest BCUT2D eigenvalue weighted by molar-refractivity contribution is 8.00. The fourth-order valence-corrected chi connectivity index (χ4v) is 5.37. The highest BCUT2D eigenvalue weighted by atomic mass is 32.2. The van der Waals surface area contributed by atoms with E-state index in [1.54, 1.807) is 16.1 Å². The lowest BCUT2D eigenvalue weighted by molar-refractivity contribution is 0.418. The van der Waals surface area contributed by atoms with Crippen molar-refractivity contribution in [1.29, 1.82) is 0 Å². The molecule has 1 heterocycles. The van der Waals surface area contributed by atoms with Gasteiger partial charge in [0.05, 0.1) is 5.75 Å².